The monoisotopic (exact) mass is 260 g/mol. The van der Waals surface area contributed by atoms with Crippen molar-refractivity contribution in [2.45, 2.75) is 6.42 Å². The van der Waals surface area contributed by atoms with Crippen LogP contribution in [-0.4, -0.2) is 53.7 Å². The largest absolute Gasteiger partial charge is 0.396 e. The van der Waals surface area contributed by atoms with Gasteiger partial charge in [0.25, 0.3) is 0 Å². The van der Waals surface area contributed by atoms with Gasteiger partial charge in [0.15, 0.2) is 0 Å². The number of aromatic nitrogens is 1. The molecule has 2 heterocycles. The van der Waals surface area contributed by atoms with Crippen LogP contribution in [0.2, 0.25) is 0 Å². The van der Waals surface area contributed by atoms with Crippen molar-refractivity contribution in [2.24, 2.45) is 0 Å². The molecule has 6 heteroatoms. The van der Waals surface area contributed by atoms with Crippen molar-refractivity contribution < 1.29 is 9.90 Å². The second-order valence-electron chi connectivity index (χ2n) is 4.36. The van der Waals surface area contributed by atoms with E-state index in [-0.39, 0.29) is 18.9 Å². The van der Waals surface area contributed by atoms with Crippen LogP contribution in [0.25, 0.3) is 0 Å². The molecule has 0 bridgehead atoms. The van der Waals surface area contributed by atoms with E-state index in [4.69, 9.17) is 10.4 Å². The van der Waals surface area contributed by atoms with Crippen molar-refractivity contribution in [1.29, 1.82) is 5.26 Å². The number of rotatable bonds is 3. The normalized spacial score (nSPS) is 15.2. The van der Waals surface area contributed by atoms with Gasteiger partial charge in [-0.1, -0.05) is 0 Å². The Morgan fingerprint density at radius 3 is 2.63 bits per heavy atom. The highest BCUT2D eigenvalue weighted by atomic mass is 16.3. The predicted molar refractivity (Wildman–Crippen MR) is 69.4 cm³/mol. The maximum Gasteiger partial charge on any atom is 0.225 e. The number of amides is 1. The third-order valence-electron chi connectivity index (χ3n) is 3.16. The van der Waals surface area contributed by atoms with E-state index in [2.05, 4.69) is 9.88 Å². The summed E-state index contributed by atoms with van der Waals surface area (Å²) in [5.74, 6) is 0.822. The summed E-state index contributed by atoms with van der Waals surface area (Å²) in [6.07, 6.45) is 1.74. The smallest absolute Gasteiger partial charge is 0.225 e. The predicted octanol–water partition coefficient (Wildman–Crippen LogP) is -0.0157. The molecule has 1 aliphatic rings. The van der Waals surface area contributed by atoms with E-state index in [0.29, 0.717) is 18.7 Å². The average molecular weight is 260 g/mol. The Bertz CT molecular complexity index is 472. The Morgan fingerprint density at radius 1 is 1.37 bits per heavy atom. The summed E-state index contributed by atoms with van der Waals surface area (Å²) >= 11 is 0. The van der Waals surface area contributed by atoms with Crippen molar-refractivity contribution in [3.8, 4) is 6.07 Å². The SMILES string of the molecule is N#Cc1ccc(N2CCN(C(=O)CCO)CC2)nc1. The van der Waals surface area contributed by atoms with E-state index >= 15 is 0 Å². The van der Waals surface area contributed by atoms with Crippen molar-refractivity contribution >= 4 is 11.7 Å². The Morgan fingerprint density at radius 2 is 2.11 bits per heavy atom. The van der Waals surface area contributed by atoms with Gasteiger partial charge >= 0.3 is 0 Å². The van der Waals surface area contributed by atoms with Crippen LogP contribution in [0.3, 0.4) is 0 Å². The lowest BCUT2D eigenvalue weighted by Gasteiger charge is -2.35. The zero-order valence-electron chi connectivity index (χ0n) is 10.6. The van der Waals surface area contributed by atoms with Gasteiger partial charge in [0.05, 0.1) is 12.2 Å². The van der Waals surface area contributed by atoms with Crippen LogP contribution in [-0.2, 0) is 4.79 Å². The Labute approximate surface area is 111 Å². The zero-order valence-corrected chi connectivity index (χ0v) is 10.6. The van der Waals surface area contributed by atoms with E-state index in [0.717, 1.165) is 18.9 Å². The molecule has 19 heavy (non-hydrogen) atoms. The number of anilines is 1. The lowest BCUT2D eigenvalue weighted by Crippen LogP contribution is -2.49. The second kappa shape index (κ2) is 6.16. The van der Waals surface area contributed by atoms with Crippen molar-refractivity contribution in [2.75, 3.05) is 37.7 Å². The molecule has 6 nitrogen and oxygen atoms in total. The molecule has 0 spiro atoms. The third-order valence-corrected chi connectivity index (χ3v) is 3.16. The summed E-state index contributed by atoms with van der Waals surface area (Å²) in [5, 5.41) is 17.5. The molecule has 100 valence electrons. The van der Waals surface area contributed by atoms with Crippen LogP contribution in [0.1, 0.15) is 12.0 Å². The first-order valence-electron chi connectivity index (χ1n) is 6.24. The molecule has 2 rings (SSSR count). The van der Waals surface area contributed by atoms with E-state index in [9.17, 15) is 4.79 Å². The molecule has 1 N–H and O–H groups in total. The van der Waals surface area contributed by atoms with Gasteiger partial charge < -0.3 is 14.9 Å². The summed E-state index contributed by atoms with van der Waals surface area (Å²) in [7, 11) is 0. The molecule has 0 saturated carbocycles. The van der Waals surface area contributed by atoms with Crippen molar-refractivity contribution in [3.63, 3.8) is 0 Å². The molecule has 1 aromatic rings. The lowest BCUT2D eigenvalue weighted by atomic mass is 10.2. The van der Waals surface area contributed by atoms with Gasteiger partial charge in [-0.15, -0.1) is 0 Å². The van der Waals surface area contributed by atoms with Crippen LogP contribution in [0, 0.1) is 11.3 Å². The Hall–Kier alpha value is -2.13. The van der Waals surface area contributed by atoms with Crippen molar-refractivity contribution in [3.05, 3.63) is 23.9 Å². The first-order valence-corrected chi connectivity index (χ1v) is 6.24. The number of aliphatic hydroxyl groups is 1. The van der Waals surface area contributed by atoms with Crippen LogP contribution < -0.4 is 4.90 Å². The maximum absolute atomic E-state index is 11.6. The summed E-state index contributed by atoms with van der Waals surface area (Å²) in [5.41, 5.74) is 0.542. The molecule has 1 amide bonds. The quantitative estimate of drug-likeness (QED) is 0.826. The second-order valence-corrected chi connectivity index (χ2v) is 4.36. The van der Waals surface area contributed by atoms with Crippen molar-refractivity contribution in [1.82, 2.24) is 9.88 Å². The maximum atomic E-state index is 11.6. The summed E-state index contributed by atoms with van der Waals surface area (Å²) in [4.78, 5) is 19.7. The van der Waals surface area contributed by atoms with Gasteiger partial charge in [0, 0.05) is 38.8 Å². The highest BCUT2D eigenvalue weighted by Crippen LogP contribution is 2.14. The molecular formula is C13H16N4O2. The van der Waals surface area contributed by atoms with Crippen LogP contribution in [0.5, 0.6) is 0 Å². The standard InChI is InChI=1S/C13H16N4O2/c14-9-11-1-2-12(15-10-11)16-4-6-17(7-5-16)13(19)3-8-18/h1-2,10,18H,3-8H2. The minimum Gasteiger partial charge on any atom is -0.396 e. The number of pyridine rings is 1. The number of aliphatic hydroxyl groups excluding tert-OH is 1. The first-order chi connectivity index (χ1) is 9.24. The molecule has 0 atom stereocenters. The van der Waals surface area contributed by atoms with E-state index in [1.807, 2.05) is 12.1 Å². The van der Waals surface area contributed by atoms with Crippen LogP contribution >= 0.6 is 0 Å². The highest BCUT2D eigenvalue weighted by Gasteiger charge is 2.21. The van der Waals surface area contributed by atoms with E-state index in [1.54, 1.807) is 17.2 Å². The molecule has 0 radical (unpaired) electrons. The minimum atomic E-state index is -0.101. The van der Waals surface area contributed by atoms with Gasteiger partial charge in [0.1, 0.15) is 11.9 Å². The number of piperazine rings is 1. The summed E-state index contributed by atoms with van der Waals surface area (Å²) in [6, 6.07) is 5.60. The van der Waals surface area contributed by atoms with Crippen LogP contribution in [0.4, 0.5) is 5.82 Å². The van der Waals surface area contributed by atoms with Gasteiger partial charge in [0.2, 0.25) is 5.91 Å². The number of carbonyl (C=O) groups is 1. The number of nitrogens with zero attached hydrogens (tertiary/aromatic N) is 4. The molecule has 1 aliphatic heterocycles. The fourth-order valence-corrected chi connectivity index (χ4v) is 2.08. The molecule has 0 aromatic carbocycles. The van der Waals surface area contributed by atoms with Gasteiger partial charge in [-0.2, -0.15) is 5.26 Å². The third kappa shape index (κ3) is 3.20. The molecule has 1 aromatic heterocycles. The van der Waals surface area contributed by atoms with E-state index in [1.165, 1.54) is 0 Å². The fourth-order valence-electron chi connectivity index (χ4n) is 2.08. The number of carbonyl (C=O) groups excluding carboxylic acids is 1. The number of hydrogen-bond donors (Lipinski definition) is 1. The lowest BCUT2D eigenvalue weighted by molar-refractivity contribution is -0.132. The summed E-state index contributed by atoms with van der Waals surface area (Å²) in [6.45, 7) is 2.61. The molecule has 0 aliphatic carbocycles. The number of hydrogen-bond acceptors (Lipinski definition) is 5. The fraction of sp³-hybridized carbons (Fsp3) is 0.462. The topological polar surface area (TPSA) is 80.5 Å². The highest BCUT2D eigenvalue weighted by molar-refractivity contribution is 5.76. The van der Waals surface area contributed by atoms with E-state index < -0.39 is 0 Å². The molecule has 0 unspecified atom stereocenters. The summed E-state index contributed by atoms with van der Waals surface area (Å²) < 4.78 is 0. The van der Waals surface area contributed by atoms with Gasteiger partial charge in [-0.3, -0.25) is 4.79 Å². The Kier molecular flexibility index (Phi) is 4.31. The van der Waals surface area contributed by atoms with Crippen LogP contribution in [0.15, 0.2) is 18.3 Å². The zero-order chi connectivity index (χ0) is 13.7. The number of nitriles is 1. The Balaban J connectivity index is 1.92. The molecular weight excluding hydrogens is 244 g/mol. The molecule has 1 fully saturated rings. The van der Waals surface area contributed by atoms with Gasteiger partial charge in [-0.05, 0) is 12.1 Å². The molecule has 1 saturated heterocycles. The average Bonchev–Trinajstić information content (AvgIpc) is 2.48. The first kappa shape index (κ1) is 13.3. The minimum absolute atomic E-state index is 0.00469. The van der Waals surface area contributed by atoms with Gasteiger partial charge in [-0.25, -0.2) is 4.98 Å².